The van der Waals surface area contributed by atoms with Gasteiger partial charge in [0.1, 0.15) is 11.5 Å². The molecule has 0 saturated heterocycles. The molecule has 1 N–H and O–H groups in total. The average Bonchev–Trinajstić information content (AvgIpc) is 2.95. The van der Waals surface area contributed by atoms with Crippen molar-refractivity contribution in [2.45, 2.75) is 40.2 Å². The molecule has 25 heavy (non-hydrogen) atoms. The highest BCUT2D eigenvalue weighted by Gasteiger charge is 2.21. The number of benzene rings is 1. The largest absolute Gasteiger partial charge is 0.466 e. The van der Waals surface area contributed by atoms with Crippen LogP contribution in [0.15, 0.2) is 40.8 Å². The fraction of sp³-hybridized carbons (Fsp3) is 0.400. The van der Waals surface area contributed by atoms with Crippen molar-refractivity contribution < 1.29 is 14.0 Å². The third kappa shape index (κ3) is 5.48. The smallest absolute Gasteiger partial charge is 0.257 e. The van der Waals surface area contributed by atoms with Crippen molar-refractivity contribution in [3.05, 3.63) is 59.0 Å². The van der Waals surface area contributed by atoms with Gasteiger partial charge in [-0.25, -0.2) is 0 Å². The second-order valence-electron chi connectivity index (χ2n) is 6.14. The quantitative estimate of drug-likeness (QED) is 0.799. The Labute approximate surface area is 149 Å². The van der Waals surface area contributed by atoms with E-state index in [2.05, 4.69) is 5.32 Å². The van der Waals surface area contributed by atoms with Crippen LogP contribution in [-0.2, 0) is 11.3 Å². The third-order valence-corrected chi connectivity index (χ3v) is 3.96. The normalized spacial score (nSPS) is 10.5. The Bertz CT molecular complexity index is 707. The molecule has 0 aliphatic carbocycles. The summed E-state index contributed by atoms with van der Waals surface area (Å²) in [6, 6.07) is 11.5. The van der Waals surface area contributed by atoms with E-state index in [0.717, 1.165) is 12.0 Å². The lowest BCUT2D eigenvalue weighted by Crippen LogP contribution is -2.35. The first kappa shape index (κ1) is 18.8. The van der Waals surface area contributed by atoms with Crippen LogP contribution >= 0.6 is 0 Å². The fourth-order valence-electron chi connectivity index (χ4n) is 2.66. The summed E-state index contributed by atoms with van der Waals surface area (Å²) in [5.41, 5.74) is 1.59. The first-order chi connectivity index (χ1) is 12.0. The van der Waals surface area contributed by atoms with E-state index in [1.807, 2.05) is 44.2 Å². The molecule has 134 valence electrons. The molecule has 0 unspecified atom stereocenters. The van der Waals surface area contributed by atoms with E-state index < -0.39 is 0 Å². The molecule has 1 heterocycles. The summed E-state index contributed by atoms with van der Waals surface area (Å²) in [5.74, 6) is 1.17. The Morgan fingerprint density at radius 3 is 2.48 bits per heavy atom. The van der Waals surface area contributed by atoms with Crippen molar-refractivity contribution in [2.75, 3.05) is 13.1 Å². The van der Waals surface area contributed by atoms with Gasteiger partial charge in [0.05, 0.1) is 5.56 Å². The van der Waals surface area contributed by atoms with Crippen LogP contribution in [0.25, 0.3) is 0 Å². The molecule has 2 rings (SSSR count). The predicted octanol–water partition coefficient (Wildman–Crippen LogP) is 3.46. The number of nitrogens with one attached hydrogen (secondary N) is 1. The van der Waals surface area contributed by atoms with Crippen LogP contribution in [0, 0.1) is 13.8 Å². The maximum Gasteiger partial charge on any atom is 0.257 e. The van der Waals surface area contributed by atoms with Gasteiger partial charge >= 0.3 is 0 Å². The number of hydrogen-bond donors (Lipinski definition) is 1. The molecule has 5 heteroatoms. The third-order valence-electron chi connectivity index (χ3n) is 3.96. The number of amides is 2. The zero-order valence-corrected chi connectivity index (χ0v) is 15.2. The van der Waals surface area contributed by atoms with Gasteiger partial charge in [0.25, 0.3) is 5.91 Å². The summed E-state index contributed by atoms with van der Waals surface area (Å²) < 4.78 is 5.49. The second kappa shape index (κ2) is 9.06. The van der Waals surface area contributed by atoms with E-state index in [4.69, 9.17) is 4.42 Å². The summed E-state index contributed by atoms with van der Waals surface area (Å²) in [4.78, 5) is 26.6. The highest BCUT2D eigenvalue weighted by Crippen LogP contribution is 2.18. The highest BCUT2D eigenvalue weighted by atomic mass is 16.3. The maximum absolute atomic E-state index is 12.9. The summed E-state index contributed by atoms with van der Waals surface area (Å²) in [5, 5.41) is 2.85. The summed E-state index contributed by atoms with van der Waals surface area (Å²) in [6.07, 6.45) is 1.18. The number of furan rings is 1. The minimum absolute atomic E-state index is 0.0344. The molecule has 0 fully saturated rings. The van der Waals surface area contributed by atoms with Crippen LogP contribution in [0.1, 0.15) is 47.2 Å². The predicted molar refractivity (Wildman–Crippen MR) is 97.3 cm³/mol. The Morgan fingerprint density at radius 2 is 1.88 bits per heavy atom. The Kier molecular flexibility index (Phi) is 6.81. The van der Waals surface area contributed by atoms with Crippen molar-refractivity contribution >= 4 is 11.8 Å². The molecule has 1 aromatic carbocycles. The summed E-state index contributed by atoms with van der Waals surface area (Å²) >= 11 is 0. The number of rotatable bonds is 8. The minimum atomic E-state index is -0.110. The van der Waals surface area contributed by atoms with Crippen molar-refractivity contribution in [1.29, 1.82) is 0 Å². The molecule has 0 bridgehead atoms. The monoisotopic (exact) mass is 342 g/mol. The lowest BCUT2D eigenvalue weighted by atomic mass is 10.1. The van der Waals surface area contributed by atoms with Crippen molar-refractivity contribution in [1.82, 2.24) is 10.2 Å². The van der Waals surface area contributed by atoms with Gasteiger partial charge in [0.2, 0.25) is 5.91 Å². The first-order valence-electron chi connectivity index (χ1n) is 8.68. The Balaban J connectivity index is 2.12. The Morgan fingerprint density at radius 1 is 1.16 bits per heavy atom. The number of aryl methyl sites for hydroxylation is 2. The summed E-state index contributed by atoms with van der Waals surface area (Å²) in [6.45, 7) is 7.11. The van der Waals surface area contributed by atoms with Crippen LogP contribution in [0.5, 0.6) is 0 Å². The lowest BCUT2D eigenvalue weighted by Gasteiger charge is -2.22. The van der Waals surface area contributed by atoms with Crippen LogP contribution in [0.4, 0.5) is 0 Å². The van der Waals surface area contributed by atoms with E-state index in [1.54, 1.807) is 17.9 Å². The molecule has 1 aromatic heterocycles. The van der Waals surface area contributed by atoms with Gasteiger partial charge in [-0.05, 0) is 31.9 Å². The van der Waals surface area contributed by atoms with E-state index in [1.165, 1.54) is 0 Å². The van der Waals surface area contributed by atoms with Gasteiger partial charge in [-0.1, -0.05) is 37.3 Å². The van der Waals surface area contributed by atoms with Crippen LogP contribution < -0.4 is 5.32 Å². The summed E-state index contributed by atoms with van der Waals surface area (Å²) in [7, 11) is 0. The SMILES string of the molecule is CCCNC(=O)CCN(Cc1ccccc1)C(=O)c1cc(C)oc1C. The van der Waals surface area contributed by atoms with Crippen molar-refractivity contribution in [3.63, 3.8) is 0 Å². The molecule has 2 aromatic rings. The van der Waals surface area contributed by atoms with E-state index in [0.29, 0.717) is 36.7 Å². The van der Waals surface area contributed by atoms with Gasteiger partial charge < -0.3 is 14.6 Å². The van der Waals surface area contributed by atoms with Crippen molar-refractivity contribution in [2.24, 2.45) is 0 Å². The van der Waals surface area contributed by atoms with Crippen LogP contribution in [0.3, 0.4) is 0 Å². The Hall–Kier alpha value is -2.56. The number of carbonyl (C=O) groups is 2. The van der Waals surface area contributed by atoms with E-state index in [-0.39, 0.29) is 18.2 Å². The first-order valence-corrected chi connectivity index (χ1v) is 8.68. The van der Waals surface area contributed by atoms with Gasteiger partial charge in [0.15, 0.2) is 0 Å². The minimum Gasteiger partial charge on any atom is -0.466 e. The number of hydrogen-bond acceptors (Lipinski definition) is 3. The van der Waals surface area contributed by atoms with E-state index in [9.17, 15) is 9.59 Å². The maximum atomic E-state index is 12.9. The zero-order valence-electron chi connectivity index (χ0n) is 15.2. The van der Waals surface area contributed by atoms with Crippen molar-refractivity contribution in [3.8, 4) is 0 Å². The molecule has 5 nitrogen and oxygen atoms in total. The number of carbonyl (C=O) groups excluding carboxylic acids is 2. The van der Waals surface area contributed by atoms with Gasteiger partial charge in [-0.3, -0.25) is 9.59 Å². The zero-order chi connectivity index (χ0) is 18.2. The molecule has 0 spiro atoms. The average molecular weight is 342 g/mol. The molecule has 0 saturated carbocycles. The molecule has 2 amide bonds. The molecular weight excluding hydrogens is 316 g/mol. The molecule has 0 aliphatic heterocycles. The van der Waals surface area contributed by atoms with E-state index >= 15 is 0 Å². The second-order valence-corrected chi connectivity index (χ2v) is 6.14. The fourth-order valence-corrected chi connectivity index (χ4v) is 2.66. The highest BCUT2D eigenvalue weighted by molar-refractivity contribution is 5.95. The molecule has 0 radical (unpaired) electrons. The van der Waals surface area contributed by atoms with Gasteiger partial charge in [-0.2, -0.15) is 0 Å². The van der Waals surface area contributed by atoms with Crippen LogP contribution in [0.2, 0.25) is 0 Å². The molecular formula is C20H26N2O3. The van der Waals surface area contributed by atoms with Crippen LogP contribution in [-0.4, -0.2) is 29.8 Å². The molecule has 0 aliphatic rings. The lowest BCUT2D eigenvalue weighted by molar-refractivity contribution is -0.121. The van der Waals surface area contributed by atoms with Gasteiger partial charge in [-0.15, -0.1) is 0 Å². The molecule has 0 atom stereocenters. The van der Waals surface area contributed by atoms with Gasteiger partial charge in [0, 0.05) is 26.1 Å². The topological polar surface area (TPSA) is 62.6 Å². The standard InChI is InChI=1S/C20H26N2O3/c1-4-11-21-19(23)10-12-22(14-17-8-6-5-7-9-17)20(24)18-13-15(2)25-16(18)3/h5-9,13H,4,10-12,14H2,1-3H3,(H,21,23). The number of nitrogens with zero attached hydrogens (tertiary/aromatic N) is 1.